The molecule has 0 amide bonds. The van der Waals surface area contributed by atoms with Crippen molar-refractivity contribution < 1.29 is 9.26 Å². The Kier molecular flexibility index (Phi) is 3.60. The van der Waals surface area contributed by atoms with Crippen LogP contribution in [0.1, 0.15) is 19.4 Å². The van der Waals surface area contributed by atoms with Gasteiger partial charge >= 0.3 is 0 Å². The molecule has 0 aliphatic rings. The Morgan fingerprint density at radius 3 is 2.81 bits per heavy atom. The molecule has 0 fully saturated rings. The van der Waals surface area contributed by atoms with Crippen molar-refractivity contribution in [2.24, 2.45) is 5.92 Å². The van der Waals surface area contributed by atoms with Crippen molar-refractivity contribution in [1.29, 1.82) is 0 Å². The van der Waals surface area contributed by atoms with Crippen molar-refractivity contribution in [3.63, 3.8) is 0 Å². The van der Waals surface area contributed by atoms with E-state index in [9.17, 15) is 0 Å². The van der Waals surface area contributed by atoms with Crippen molar-refractivity contribution in [2.75, 3.05) is 6.61 Å². The highest BCUT2D eigenvalue weighted by Crippen LogP contribution is 2.34. The van der Waals surface area contributed by atoms with Crippen LogP contribution in [0.15, 0.2) is 41.2 Å². The van der Waals surface area contributed by atoms with Crippen molar-refractivity contribution >= 4 is 11.0 Å². The lowest BCUT2D eigenvalue weighted by Gasteiger charge is -2.06. The lowest BCUT2D eigenvalue weighted by Crippen LogP contribution is -2.04. The van der Waals surface area contributed by atoms with Crippen molar-refractivity contribution in [3.05, 3.63) is 42.2 Å². The van der Waals surface area contributed by atoms with E-state index in [1.165, 1.54) is 0 Å². The third-order valence-corrected chi connectivity index (χ3v) is 3.35. The van der Waals surface area contributed by atoms with E-state index in [0.29, 0.717) is 18.4 Å². The number of benzene rings is 1. The van der Waals surface area contributed by atoms with Gasteiger partial charge in [0.1, 0.15) is 0 Å². The molecule has 2 heterocycles. The zero-order valence-electron chi connectivity index (χ0n) is 12.5. The maximum atomic E-state index is 5.72. The summed E-state index contributed by atoms with van der Waals surface area (Å²) < 4.78 is 11.2. The molecule has 0 aliphatic heterocycles. The van der Waals surface area contributed by atoms with Crippen LogP contribution >= 0.6 is 0 Å². The van der Waals surface area contributed by atoms with E-state index in [2.05, 4.69) is 30.9 Å². The zero-order valence-corrected chi connectivity index (χ0v) is 12.5. The Morgan fingerprint density at radius 2 is 2.05 bits per heavy atom. The molecule has 0 saturated carbocycles. The van der Waals surface area contributed by atoms with E-state index < -0.39 is 0 Å². The van der Waals surface area contributed by atoms with Crippen molar-refractivity contribution in [1.82, 2.24) is 10.1 Å². The Bertz CT molecular complexity index is 762. The number of hydrogen-bond donors (Lipinski definition) is 0. The molecule has 2 aromatic heterocycles. The molecule has 4 nitrogen and oxygen atoms in total. The van der Waals surface area contributed by atoms with Gasteiger partial charge in [0.2, 0.25) is 0 Å². The van der Waals surface area contributed by atoms with E-state index in [4.69, 9.17) is 9.26 Å². The van der Waals surface area contributed by atoms with E-state index >= 15 is 0 Å². The highest BCUT2D eigenvalue weighted by atomic mass is 16.5. The number of para-hydroxylation sites is 1. The molecule has 21 heavy (non-hydrogen) atoms. The molecular formula is C17H18N2O2. The zero-order chi connectivity index (χ0) is 14.8. The topological polar surface area (TPSA) is 48.2 Å². The first kappa shape index (κ1) is 13.6. The summed E-state index contributed by atoms with van der Waals surface area (Å²) in [6, 6.07) is 7.96. The summed E-state index contributed by atoms with van der Waals surface area (Å²) in [6.45, 7) is 6.89. The molecule has 0 radical (unpaired) electrons. The smallest absolute Gasteiger partial charge is 0.262 e. The Balaban J connectivity index is 2.08. The minimum absolute atomic E-state index is 0.445. The van der Waals surface area contributed by atoms with Crippen LogP contribution in [0.2, 0.25) is 0 Å². The predicted octanol–water partition coefficient (Wildman–Crippen LogP) is 4.23. The molecule has 0 saturated heterocycles. The fourth-order valence-corrected chi connectivity index (χ4v) is 2.25. The standard InChI is InChI=1S/C17H18N2O2/c1-11(2)10-20-17-14-6-4-5-13(16(14)21-19-17)15-9-18-8-7-12(15)3/h4-9,11H,10H2,1-3H3. The van der Waals surface area contributed by atoms with Crippen molar-refractivity contribution in [2.45, 2.75) is 20.8 Å². The number of nitrogens with zero attached hydrogens (tertiary/aromatic N) is 2. The number of rotatable bonds is 4. The highest BCUT2D eigenvalue weighted by molar-refractivity contribution is 5.95. The summed E-state index contributed by atoms with van der Waals surface area (Å²) >= 11 is 0. The first-order chi connectivity index (χ1) is 10.2. The minimum atomic E-state index is 0.445. The molecule has 0 bridgehead atoms. The third kappa shape index (κ3) is 2.61. The monoisotopic (exact) mass is 282 g/mol. The van der Waals surface area contributed by atoms with Crippen LogP contribution in [0.3, 0.4) is 0 Å². The second-order valence-corrected chi connectivity index (χ2v) is 5.57. The van der Waals surface area contributed by atoms with Gasteiger partial charge in [-0.1, -0.05) is 26.0 Å². The van der Waals surface area contributed by atoms with Crippen LogP contribution in [0.25, 0.3) is 22.1 Å². The van der Waals surface area contributed by atoms with Gasteiger partial charge < -0.3 is 9.26 Å². The second-order valence-electron chi connectivity index (χ2n) is 5.57. The highest BCUT2D eigenvalue weighted by Gasteiger charge is 2.15. The third-order valence-electron chi connectivity index (χ3n) is 3.35. The van der Waals surface area contributed by atoms with E-state index in [-0.39, 0.29) is 0 Å². The molecule has 3 rings (SSSR count). The molecule has 0 unspecified atom stereocenters. The van der Waals surface area contributed by atoms with Gasteiger partial charge in [-0.3, -0.25) is 4.98 Å². The molecule has 0 atom stereocenters. The molecule has 3 aromatic rings. The summed E-state index contributed by atoms with van der Waals surface area (Å²) in [5, 5.41) is 4.96. The first-order valence-electron chi connectivity index (χ1n) is 7.09. The van der Waals surface area contributed by atoms with E-state index in [0.717, 1.165) is 27.7 Å². The molecule has 0 N–H and O–H groups in total. The van der Waals surface area contributed by atoms with Gasteiger partial charge in [-0.15, -0.1) is 0 Å². The van der Waals surface area contributed by atoms with E-state index in [1.807, 2.05) is 30.5 Å². The van der Waals surface area contributed by atoms with Crippen LogP contribution in [0.5, 0.6) is 5.88 Å². The largest absolute Gasteiger partial charge is 0.475 e. The average Bonchev–Trinajstić information content (AvgIpc) is 2.89. The Morgan fingerprint density at radius 1 is 1.19 bits per heavy atom. The van der Waals surface area contributed by atoms with Gasteiger partial charge in [0, 0.05) is 23.5 Å². The molecule has 1 aromatic carbocycles. The van der Waals surface area contributed by atoms with Gasteiger partial charge in [-0.2, -0.15) is 0 Å². The molecule has 0 aliphatic carbocycles. The van der Waals surface area contributed by atoms with Crippen LogP contribution in [0.4, 0.5) is 0 Å². The predicted molar refractivity (Wildman–Crippen MR) is 82.3 cm³/mol. The molecule has 0 spiro atoms. The maximum absolute atomic E-state index is 5.72. The summed E-state index contributed by atoms with van der Waals surface area (Å²) in [6.07, 6.45) is 3.64. The van der Waals surface area contributed by atoms with Gasteiger partial charge in [-0.05, 0) is 35.7 Å². The normalized spacial score (nSPS) is 11.2. The lowest BCUT2D eigenvalue weighted by atomic mass is 10.0. The van der Waals surface area contributed by atoms with Crippen LogP contribution < -0.4 is 4.74 Å². The lowest BCUT2D eigenvalue weighted by molar-refractivity contribution is 0.248. The number of ether oxygens (including phenoxy) is 1. The average molecular weight is 282 g/mol. The van der Waals surface area contributed by atoms with Crippen LogP contribution in [0, 0.1) is 12.8 Å². The number of fused-ring (bicyclic) bond motifs is 1. The Labute approximate surface area is 123 Å². The summed E-state index contributed by atoms with van der Waals surface area (Å²) in [7, 11) is 0. The summed E-state index contributed by atoms with van der Waals surface area (Å²) in [5.41, 5.74) is 3.94. The number of pyridine rings is 1. The Hall–Kier alpha value is -2.36. The van der Waals surface area contributed by atoms with Crippen molar-refractivity contribution in [3.8, 4) is 17.0 Å². The molecular weight excluding hydrogens is 264 g/mol. The maximum Gasteiger partial charge on any atom is 0.262 e. The minimum Gasteiger partial charge on any atom is -0.475 e. The number of aryl methyl sites for hydroxylation is 1. The van der Waals surface area contributed by atoms with Gasteiger partial charge in [0.25, 0.3) is 5.88 Å². The quantitative estimate of drug-likeness (QED) is 0.718. The summed E-state index contributed by atoms with van der Waals surface area (Å²) in [4.78, 5) is 4.20. The fraction of sp³-hybridized carbons (Fsp3) is 0.294. The molecule has 108 valence electrons. The van der Waals surface area contributed by atoms with E-state index in [1.54, 1.807) is 6.20 Å². The van der Waals surface area contributed by atoms with Gasteiger partial charge in [0.05, 0.1) is 12.0 Å². The van der Waals surface area contributed by atoms with Crippen LogP contribution in [-0.4, -0.2) is 16.7 Å². The van der Waals surface area contributed by atoms with Gasteiger partial charge in [0.15, 0.2) is 5.58 Å². The van der Waals surface area contributed by atoms with Gasteiger partial charge in [-0.25, -0.2) is 0 Å². The SMILES string of the molecule is Cc1ccncc1-c1cccc2c(OCC(C)C)noc12. The fourth-order valence-electron chi connectivity index (χ4n) is 2.25. The number of aromatic nitrogens is 2. The summed E-state index contributed by atoms with van der Waals surface area (Å²) in [5.74, 6) is 1.00. The molecule has 4 heteroatoms. The number of hydrogen-bond acceptors (Lipinski definition) is 4. The first-order valence-corrected chi connectivity index (χ1v) is 7.09. The van der Waals surface area contributed by atoms with Crippen LogP contribution in [-0.2, 0) is 0 Å². The second kappa shape index (κ2) is 5.56.